The molecule has 11 heavy (non-hydrogen) atoms. The highest BCUT2D eigenvalue weighted by Crippen LogP contribution is 2.25. The number of hydrogen-bond acceptors (Lipinski definition) is 3. The second-order valence-electron chi connectivity index (χ2n) is 1.81. The number of nitro groups is 1. The SMILES string of the molecule is Cn1c([N+](=O)[O-])nc(Br)c1Br. The van der Waals surface area contributed by atoms with Crippen LogP contribution < -0.4 is 0 Å². The predicted octanol–water partition coefficient (Wildman–Crippen LogP) is 1.85. The zero-order valence-corrected chi connectivity index (χ0v) is 8.59. The zero-order valence-electron chi connectivity index (χ0n) is 5.41. The lowest BCUT2D eigenvalue weighted by Gasteiger charge is -1.92. The fourth-order valence-corrected chi connectivity index (χ4v) is 1.27. The molecule has 0 aliphatic rings. The summed E-state index contributed by atoms with van der Waals surface area (Å²) in [6.45, 7) is 0. The molecule has 0 unspecified atom stereocenters. The van der Waals surface area contributed by atoms with Crippen LogP contribution in [0.3, 0.4) is 0 Å². The van der Waals surface area contributed by atoms with Gasteiger partial charge in [-0.3, -0.25) is 0 Å². The van der Waals surface area contributed by atoms with Crippen LogP contribution in [0.1, 0.15) is 0 Å². The van der Waals surface area contributed by atoms with Crippen molar-refractivity contribution in [2.75, 3.05) is 0 Å². The van der Waals surface area contributed by atoms with Crippen LogP contribution in [0.5, 0.6) is 0 Å². The lowest BCUT2D eigenvalue weighted by molar-refractivity contribution is -0.396. The third kappa shape index (κ3) is 1.43. The van der Waals surface area contributed by atoms with Gasteiger partial charge in [-0.1, -0.05) is 4.98 Å². The quantitative estimate of drug-likeness (QED) is 0.584. The van der Waals surface area contributed by atoms with E-state index in [1.807, 2.05) is 0 Å². The van der Waals surface area contributed by atoms with Gasteiger partial charge in [-0.25, -0.2) is 4.57 Å². The lowest BCUT2D eigenvalue weighted by atomic mass is 10.9. The molecule has 0 aromatic carbocycles. The maximum atomic E-state index is 10.3. The number of aromatic nitrogens is 2. The Balaban J connectivity index is 3.29. The zero-order chi connectivity index (χ0) is 8.59. The summed E-state index contributed by atoms with van der Waals surface area (Å²) in [5, 5.41) is 10.3. The van der Waals surface area contributed by atoms with E-state index in [0.717, 1.165) is 0 Å². The molecule has 0 amide bonds. The van der Waals surface area contributed by atoms with Gasteiger partial charge in [-0.05, 0) is 36.8 Å². The first-order chi connectivity index (χ1) is 5.04. The van der Waals surface area contributed by atoms with E-state index in [0.29, 0.717) is 9.21 Å². The fraction of sp³-hybridized carbons (Fsp3) is 0.250. The van der Waals surface area contributed by atoms with Crippen LogP contribution in [-0.4, -0.2) is 14.5 Å². The van der Waals surface area contributed by atoms with Crippen LogP contribution in [0.25, 0.3) is 0 Å². The maximum absolute atomic E-state index is 10.3. The second kappa shape index (κ2) is 2.90. The molecule has 1 rings (SSSR count). The van der Waals surface area contributed by atoms with Crippen molar-refractivity contribution in [2.45, 2.75) is 0 Å². The fourth-order valence-electron chi connectivity index (χ4n) is 0.598. The second-order valence-corrected chi connectivity index (χ2v) is 3.31. The first kappa shape index (κ1) is 8.66. The Morgan fingerprint density at radius 2 is 2.18 bits per heavy atom. The molecular weight excluding hydrogens is 282 g/mol. The van der Waals surface area contributed by atoms with E-state index >= 15 is 0 Å². The molecule has 0 aliphatic heterocycles. The highest BCUT2D eigenvalue weighted by Gasteiger charge is 2.20. The molecule has 0 spiro atoms. The van der Waals surface area contributed by atoms with Crippen LogP contribution in [0.15, 0.2) is 9.21 Å². The summed E-state index contributed by atoms with van der Waals surface area (Å²) in [5.41, 5.74) is 0. The molecule has 0 aliphatic carbocycles. The number of nitrogens with zero attached hydrogens (tertiary/aromatic N) is 3. The van der Waals surface area contributed by atoms with Crippen LogP contribution in [0.4, 0.5) is 5.95 Å². The van der Waals surface area contributed by atoms with Crippen molar-refractivity contribution in [2.24, 2.45) is 7.05 Å². The number of hydrogen-bond donors (Lipinski definition) is 0. The standard InChI is InChI=1S/C4H3Br2N3O2/c1-8-3(6)2(5)7-4(8)9(10)11/h1H3. The van der Waals surface area contributed by atoms with Gasteiger partial charge in [0, 0.05) is 0 Å². The van der Waals surface area contributed by atoms with Gasteiger partial charge in [0.25, 0.3) is 0 Å². The minimum Gasteiger partial charge on any atom is -0.390 e. The molecule has 0 saturated carbocycles. The Hall–Kier alpha value is -0.430. The molecule has 1 aromatic heterocycles. The monoisotopic (exact) mass is 283 g/mol. The average Bonchev–Trinajstić information content (AvgIpc) is 2.17. The summed E-state index contributed by atoms with van der Waals surface area (Å²) in [7, 11) is 1.56. The lowest BCUT2D eigenvalue weighted by Crippen LogP contribution is -1.97. The van der Waals surface area contributed by atoms with Crippen molar-refractivity contribution in [1.29, 1.82) is 0 Å². The van der Waals surface area contributed by atoms with E-state index in [4.69, 9.17) is 0 Å². The van der Waals surface area contributed by atoms with Crippen LogP contribution in [-0.2, 0) is 7.05 Å². The van der Waals surface area contributed by atoms with Crippen molar-refractivity contribution < 1.29 is 4.92 Å². The minimum absolute atomic E-state index is 0.191. The molecule has 0 N–H and O–H groups in total. The maximum Gasteiger partial charge on any atom is 0.436 e. The molecule has 0 fully saturated rings. The molecule has 0 radical (unpaired) electrons. The largest absolute Gasteiger partial charge is 0.436 e. The highest BCUT2D eigenvalue weighted by atomic mass is 79.9. The van der Waals surface area contributed by atoms with Crippen molar-refractivity contribution in [3.05, 3.63) is 19.3 Å². The Bertz CT molecular complexity index is 309. The average molecular weight is 285 g/mol. The predicted molar refractivity (Wildman–Crippen MR) is 45.3 cm³/mol. The van der Waals surface area contributed by atoms with E-state index in [-0.39, 0.29) is 5.95 Å². The first-order valence-corrected chi connectivity index (χ1v) is 4.14. The highest BCUT2D eigenvalue weighted by molar-refractivity contribution is 9.13. The van der Waals surface area contributed by atoms with E-state index in [1.54, 1.807) is 7.05 Å². The molecule has 60 valence electrons. The summed E-state index contributed by atoms with van der Waals surface area (Å²) < 4.78 is 2.33. The summed E-state index contributed by atoms with van der Waals surface area (Å²) in [6, 6.07) is 0. The smallest absolute Gasteiger partial charge is 0.390 e. The first-order valence-electron chi connectivity index (χ1n) is 2.56. The van der Waals surface area contributed by atoms with Gasteiger partial charge in [0.1, 0.15) is 0 Å². The molecule has 0 atom stereocenters. The Labute approximate surface area is 78.8 Å². The van der Waals surface area contributed by atoms with Gasteiger partial charge in [-0.2, -0.15) is 0 Å². The van der Waals surface area contributed by atoms with Gasteiger partial charge < -0.3 is 10.1 Å². The van der Waals surface area contributed by atoms with E-state index in [2.05, 4.69) is 36.8 Å². The number of halogens is 2. The van der Waals surface area contributed by atoms with Gasteiger partial charge in [0.15, 0.2) is 4.60 Å². The van der Waals surface area contributed by atoms with Crippen molar-refractivity contribution >= 4 is 37.8 Å². The molecular formula is C4H3Br2N3O2. The van der Waals surface area contributed by atoms with Gasteiger partial charge in [0.05, 0.1) is 7.05 Å². The number of rotatable bonds is 1. The molecule has 5 nitrogen and oxygen atoms in total. The van der Waals surface area contributed by atoms with E-state index < -0.39 is 4.92 Å². The third-order valence-electron chi connectivity index (χ3n) is 1.13. The van der Waals surface area contributed by atoms with Crippen LogP contribution in [0, 0.1) is 10.1 Å². The summed E-state index contributed by atoms with van der Waals surface area (Å²) >= 11 is 6.17. The molecule has 7 heteroatoms. The van der Waals surface area contributed by atoms with Crippen LogP contribution >= 0.6 is 31.9 Å². The molecule has 1 aromatic rings. The third-order valence-corrected chi connectivity index (χ3v) is 3.12. The normalized spacial score (nSPS) is 10.1. The Morgan fingerprint density at radius 1 is 1.64 bits per heavy atom. The summed E-state index contributed by atoms with van der Waals surface area (Å²) in [4.78, 5) is 13.4. The summed E-state index contributed by atoms with van der Waals surface area (Å²) in [5.74, 6) is -0.191. The van der Waals surface area contributed by atoms with Gasteiger partial charge in [-0.15, -0.1) is 0 Å². The molecule has 1 heterocycles. The number of imidazole rings is 1. The molecule has 0 saturated heterocycles. The summed E-state index contributed by atoms with van der Waals surface area (Å²) in [6.07, 6.45) is 0. The van der Waals surface area contributed by atoms with Crippen molar-refractivity contribution in [3.63, 3.8) is 0 Å². The Morgan fingerprint density at radius 3 is 2.36 bits per heavy atom. The van der Waals surface area contributed by atoms with E-state index in [1.165, 1.54) is 4.57 Å². The van der Waals surface area contributed by atoms with Gasteiger partial charge in [0.2, 0.25) is 4.60 Å². The van der Waals surface area contributed by atoms with Gasteiger partial charge >= 0.3 is 5.95 Å². The molecule has 0 bridgehead atoms. The van der Waals surface area contributed by atoms with Crippen molar-refractivity contribution in [1.82, 2.24) is 9.55 Å². The minimum atomic E-state index is -0.546. The Kier molecular flexibility index (Phi) is 2.28. The van der Waals surface area contributed by atoms with Crippen molar-refractivity contribution in [3.8, 4) is 0 Å². The van der Waals surface area contributed by atoms with Crippen LogP contribution in [0.2, 0.25) is 0 Å². The van der Waals surface area contributed by atoms with E-state index in [9.17, 15) is 10.1 Å². The topological polar surface area (TPSA) is 61.0 Å².